The molecule has 3 rings (SSSR count). The molecule has 0 saturated heterocycles. The van der Waals surface area contributed by atoms with E-state index in [2.05, 4.69) is 5.32 Å². The van der Waals surface area contributed by atoms with E-state index in [-0.39, 0.29) is 0 Å². The molecule has 0 atom stereocenters. The summed E-state index contributed by atoms with van der Waals surface area (Å²) in [5.74, 6) is 0.829. The van der Waals surface area contributed by atoms with Gasteiger partial charge < -0.3 is 15.5 Å². The zero-order chi connectivity index (χ0) is 18.5. The molecule has 0 fully saturated rings. The summed E-state index contributed by atoms with van der Waals surface area (Å²) >= 11 is 6.01. The summed E-state index contributed by atoms with van der Waals surface area (Å²) in [5, 5.41) is 3.19. The molecule has 5 nitrogen and oxygen atoms in total. The molecule has 2 aromatic carbocycles. The smallest absolute Gasteiger partial charge is 0.248 e. The monoisotopic (exact) mass is 366 g/mol. The standard InChI is InChI=1S/C20H15ClN2O3/c21-16-6-9-18(23-12-24)15(11-16)5-7-17-8-10-19(26-17)13-1-3-14(4-2-13)20(22)25/h1-12H,(H2,22,25)(H,23,24)/b7-5+. The highest BCUT2D eigenvalue weighted by Gasteiger charge is 2.06. The zero-order valence-corrected chi connectivity index (χ0v) is 14.4. The van der Waals surface area contributed by atoms with Crippen molar-refractivity contribution in [3.05, 3.63) is 76.5 Å². The number of hydrogen-bond acceptors (Lipinski definition) is 3. The predicted molar refractivity (Wildman–Crippen MR) is 103 cm³/mol. The van der Waals surface area contributed by atoms with Crippen molar-refractivity contribution in [2.45, 2.75) is 0 Å². The average Bonchev–Trinajstić information content (AvgIpc) is 3.11. The van der Waals surface area contributed by atoms with Crippen LogP contribution in [0.25, 0.3) is 23.5 Å². The average molecular weight is 367 g/mol. The molecular formula is C20H15ClN2O3. The maximum absolute atomic E-state index is 11.1. The van der Waals surface area contributed by atoms with Crippen molar-refractivity contribution in [3.63, 3.8) is 0 Å². The van der Waals surface area contributed by atoms with E-state index in [1.807, 2.05) is 12.1 Å². The van der Waals surface area contributed by atoms with Gasteiger partial charge in [-0.1, -0.05) is 23.7 Å². The quantitative estimate of drug-likeness (QED) is 0.632. The molecule has 0 aliphatic carbocycles. The third-order valence-corrected chi connectivity index (χ3v) is 3.97. The van der Waals surface area contributed by atoms with Gasteiger partial charge in [-0.2, -0.15) is 0 Å². The third kappa shape index (κ3) is 4.02. The number of primary amides is 1. The van der Waals surface area contributed by atoms with Crippen molar-refractivity contribution < 1.29 is 14.0 Å². The van der Waals surface area contributed by atoms with E-state index >= 15 is 0 Å². The lowest BCUT2D eigenvalue weighted by Gasteiger charge is -2.04. The van der Waals surface area contributed by atoms with Crippen molar-refractivity contribution in [1.29, 1.82) is 0 Å². The van der Waals surface area contributed by atoms with Crippen molar-refractivity contribution in [2.24, 2.45) is 5.73 Å². The third-order valence-electron chi connectivity index (χ3n) is 3.74. The summed E-state index contributed by atoms with van der Waals surface area (Å²) in [7, 11) is 0. The van der Waals surface area contributed by atoms with Gasteiger partial charge >= 0.3 is 0 Å². The molecule has 130 valence electrons. The number of nitrogens with two attached hydrogens (primary N) is 1. The van der Waals surface area contributed by atoms with Crippen LogP contribution in [0.2, 0.25) is 5.02 Å². The fourth-order valence-corrected chi connectivity index (χ4v) is 2.62. The number of rotatable bonds is 6. The number of carbonyl (C=O) groups excluding carboxylic acids is 2. The molecule has 0 spiro atoms. The molecule has 1 aromatic heterocycles. The number of nitrogens with one attached hydrogen (secondary N) is 1. The second-order valence-electron chi connectivity index (χ2n) is 5.47. The summed E-state index contributed by atoms with van der Waals surface area (Å²) in [6.07, 6.45) is 4.20. The van der Waals surface area contributed by atoms with Gasteiger partial charge in [-0.05, 0) is 60.2 Å². The Bertz CT molecular complexity index is 975. The molecule has 0 unspecified atom stereocenters. The van der Waals surface area contributed by atoms with Crippen LogP contribution in [-0.2, 0) is 4.79 Å². The fraction of sp³-hybridized carbons (Fsp3) is 0. The lowest BCUT2D eigenvalue weighted by Crippen LogP contribution is -2.10. The lowest BCUT2D eigenvalue weighted by atomic mass is 10.1. The Morgan fingerprint density at radius 2 is 1.81 bits per heavy atom. The summed E-state index contributed by atoms with van der Waals surface area (Å²) in [6, 6.07) is 15.7. The second-order valence-corrected chi connectivity index (χ2v) is 5.91. The second kappa shape index (κ2) is 7.72. The SMILES string of the molecule is NC(=O)c1ccc(-c2ccc(/C=C/c3cc(Cl)ccc3NC=O)o2)cc1. The molecule has 1 heterocycles. The molecule has 0 saturated carbocycles. The van der Waals surface area contributed by atoms with E-state index in [4.69, 9.17) is 21.8 Å². The van der Waals surface area contributed by atoms with Gasteiger partial charge in [-0.3, -0.25) is 9.59 Å². The lowest BCUT2D eigenvalue weighted by molar-refractivity contribution is -0.105. The molecule has 0 aliphatic heterocycles. The van der Waals surface area contributed by atoms with Gasteiger partial charge in [-0.15, -0.1) is 0 Å². The maximum atomic E-state index is 11.1. The van der Waals surface area contributed by atoms with E-state index < -0.39 is 5.91 Å². The van der Waals surface area contributed by atoms with Crippen LogP contribution in [0.5, 0.6) is 0 Å². The van der Waals surface area contributed by atoms with Gasteiger partial charge in [0, 0.05) is 21.8 Å². The van der Waals surface area contributed by atoms with E-state index in [1.54, 1.807) is 54.6 Å². The molecule has 6 heteroatoms. The Hall–Kier alpha value is -3.31. The topological polar surface area (TPSA) is 85.3 Å². The van der Waals surface area contributed by atoms with E-state index in [1.165, 1.54) is 0 Å². The van der Waals surface area contributed by atoms with Crippen LogP contribution >= 0.6 is 11.6 Å². The first-order valence-corrected chi connectivity index (χ1v) is 8.12. The number of hydrogen-bond donors (Lipinski definition) is 2. The van der Waals surface area contributed by atoms with Gasteiger partial charge in [0.05, 0.1) is 0 Å². The minimum Gasteiger partial charge on any atom is -0.457 e. The maximum Gasteiger partial charge on any atom is 0.248 e. The van der Waals surface area contributed by atoms with E-state index in [0.717, 1.165) is 11.1 Å². The molecule has 26 heavy (non-hydrogen) atoms. The van der Waals surface area contributed by atoms with Crippen LogP contribution in [-0.4, -0.2) is 12.3 Å². The van der Waals surface area contributed by atoms with Crippen LogP contribution in [0, 0.1) is 0 Å². The molecule has 3 N–H and O–H groups in total. The summed E-state index contributed by atoms with van der Waals surface area (Å²) in [6.45, 7) is 0. The van der Waals surface area contributed by atoms with Crippen LogP contribution in [0.4, 0.5) is 5.69 Å². The Balaban J connectivity index is 1.82. The van der Waals surface area contributed by atoms with Crippen LogP contribution in [0.15, 0.2) is 59.0 Å². The largest absolute Gasteiger partial charge is 0.457 e. The van der Waals surface area contributed by atoms with Crippen molar-refractivity contribution in [2.75, 3.05) is 5.32 Å². The van der Waals surface area contributed by atoms with Crippen LogP contribution in [0.1, 0.15) is 21.7 Å². The highest BCUT2D eigenvalue weighted by atomic mass is 35.5. The first-order chi connectivity index (χ1) is 12.6. The Morgan fingerprint density at radius 1 is 1.04 bits per heavy atom. The summed E-state index contributed by atoms with van der Waals surface area (Å²) in [4.78, 5) is 21.8. The van der Waals surface area contributed by atoms with Crippen molar-refractivity contribution in [1.82, 2.24) is 0 Å². The summed E-state index contributed by atoms with van der Waals surface area (Å²) in [5.41, 5.74) is 7.92. The predicted octanol–water partition coefficient (Wildman–Crippen LogP) is 4.44. The van der Waals surface area contributed by atoms with Crippen LogP contribution in [0.3, 0.4) is 0 Å². The van der Waals surface area contributed by atoms with E-state index in [9.17, 15) is 9.59 Å². The molecule has 0 radical (unpaired) electrons. The molecular weight excluding hydrogens is 352 g/mol. The number of halogens is 1. The molecule has 0 bridgehead atoms. The Kier molecular flexibility index (Phi) is 5.20. The van der Waals surface area contributed by atoms with Gasteiger partial charge in [-0.25, -0.2) is 0 Å². The first-order valence-electron chi connectivity index (χ1n) is 7.75. The highest BCUT2D eigenvalue weighted by molar-refractivity contribution is 6.30. The number of anilines is 1. The molecule has 2 amide bonds. The first kappa shape index (κ1) is 17.5. The number of furan rings is 1. The van der Waals surface area contributed by atoms with Gasteiger partial charge in [0.2, 0.25) is 12.3 Å². The number of benzene rings is 2. The molecule has 0 aliphatic rings. The minimum absolute atomic E-state index is 0.441. The summed E-state index contributed by atoms with van der Waals surface area (Å²) < 4.78 is 5.80. The Labute approximate surface area is 155 Å². The van der Waals surface area contributed by atoms with E-state index in [0.29, 0.717) is 34.2 Å². The highest BCUT2D eigenvalue weighted by Crippen LogP contribution is 2.26. The normalized spacial score (nSPS) is 10.8. The minimum atomic E-state index is -0.471. The fourth-order valence-electron chi connectivity index (χ4n) is 2.43. The van der Waals surface area contributed by atoms with Crippen molar-refractivity contribution >= 4 is 41.8 Å². The van der Waals surface area contributed by atoms with Crippen LogP contribution < -0.4 is 11.1 Å². The van der Waals surface area contributed by atoms with Gasteiger partial charge in [0.25, 0.3) is 0 Å². The molecule has 3 aromatic rings. The Morgan fingerprint density at radius 3 is 2.50 bits per heavy atom. The number of amides is 2. The van der Waals surface area contributed by atoms with Gasteiger partial charge in [0.1, 0.15) is 11.5 Å². The zero-order valence-electron chi connectivity index (χ0n) is 13.6. The van der Waals surface area contributed by atoms with Gasteiger partial charge in [0.15, 0.2) is 0 Å². The van der Waals surface area contributed by atoms with Crippen molar-refractivity contribution in [3.8, 4) is 11.3 Å². The number of carbonyl (C=O) groups is 2.